The smallest absolute Gasteiger partial charge is 0.0574 e. The Balaban J connectivity index is -0.0000000383. The molecule has 3 heteroatoms. The summed E-state index contributed by atoms with van der Waals surface area (Å²) in [6.45, 7) is 0. The Morgan fingerprint density at radius 3 is 0.909 bits per heavy atom. The molecule has 3 nitrogen and oxygen atoms in total. The van der Waals surface area contributed by atoms with Gasteiger partial charge in [0.2, 0.25) is 0 Å². The van der Waals surface area contributed by atoms with Gasteiger partial charge in [0.15, 0.2) is 0 Å². The van der Waals surface area contributed by atoms with Crippen molar-refractivity contribution in [3.8, 4) is 0 Å². The maximum atomic E-state index is 4.58. The minimum absolute atomic E-state index is 0. The van der Waals surface area contributed by atoms with Gasteiger partial charge in [-0.1, -0.05) is 14.9 Å². The number of hydrogen-bond acceptors (Lipinski definition) is 3. The maximum Gasteiger partial charge on any atom is 0.0574 e. The van der Waals surface area contributed by atoms with E-state index in [1.807, 2.05) is 40.1 Å². The van der Waals surface area contributed by atoms with E-state index >= 15 is 0 Å². The monoisotopic (exact) mass is 166 g/mol. The Bertz CT molecular complexity index is 44.6. The first-order valence-electron chi connectivity index (χ1n) is 2.83. The summed E-state index contributed by atoms with van der Waals surface area (Å²) >= 11 is 0. The van der Waals surface area contributed by atoms with E-state index in [0.29, 0.717) is 0 Å². The van der Waals surface area contributed by atoms with Crippen LogP contribution < -0.4 is 0 Å². The van der Waals surface area contributed by atoms with Crippen LogP contribution in [0.2, 0.25) is 0 Å². The van der Waals surface area contributed by atoms with Crippen molar-refractivity contribution in [3.05, 3.63) is 0 Å². The van der Waals surface area contributed by atoms with Crippen LogP contribution in [0.1, 0.15) is 14.9 Å². The Kier molecular flexibility index (Phi) is 33.6. The fourth-order valence-electron chi connectivity index (χ4n) is 0. The average Bonchev–Trinajstić information content (AvgIpc) is 1.65. The van der Waals surface area contributed by atoms with Gasteiger partial charge in [0, 0.05) is 14.1 Å². The molecule has 0 bridgehead atoms. The normalized spacial score (nSPS) is 7.64. The SMILES string of the molecule is C.C.CN(C)C.CON(C)C. The molecule has 0 atom stereocenters. The first-order chi connectivity index (χ1) is 4.00. The van der Waals surface area contributed by atoms with Crippen molar-refractivity contribution in [2.75, 3.05) is 42.3 Å². The van der Waals surface area contributed by atoms with Crippen LogP contribution in [0.4, 0.5) is 0 Å². The van der Waals surface area contributed by atoms with Crippen molar-refractivity contribution in [3.63, 3.8) is 0 Å². The highest BCUT2D eigenvalue weighted by atomic mass is 16.7. The summed E-state index contributed by atoms with van der Waals surface area (Å²) in [5, 5.41) is 1.62. The van der Waals surface area contributed by atoms with Crippen LogP contribution in [0.25, 0.3) is 0 Å². The molecule has 0 unspecified atom stereocenters. The largest absolute Gasteiger partial charge is 0.312 e. The third kappa shape index (κ3) is 174. The molecule has 0 aliphatic rings. The highest BCUT2D eigenvalue weighted by Crippen LogP contribution is 1.64. The van der Waals surface area contributed by atoms with E-state index < -0.39 is 0 Å². The van der Waals surface area contributed by atoms with Gasteiger partial charge in [0.25, 0.3) is 0 Å². The van der Waals surface area contributed by atoms with Crippen LogP contribution in [0.5, 0.6) is 0 Å². The molecular formula is C8H26N2O. The number of rotatable bonds is 1. The first kappa shape index (κ1) is 22.4. The molecule has 0 aromatic carbocycles. The minimum Gasteiger partial charge on any atom is -0.312 e. The van der Waals surface area contributed by atoms with Gasteiger partial charge in [0.05, 0.1) is 7.11 Å². The van der Waals surface area contributed by atoms with Gasteiger partial charge in [-0.2, -0.15) is 5.06 Å². The summed E-state index contributed by atoms with van der Waals surface area (Å²) < 4.78 is 0. The lowest BCUT2D eigenvalue weighted by Gasteiger charge is -2.01. The molecule has 0 aromatic rings. The van der Waals surface area contributed by atoms with Gasteiger partial charge in [-0.05, 0) is 21.1 Å². The molecule has 0 spiro atoms. The van der Waals surface area contributed by atoms with E-state index in [9.17, 15) is 0 Å². The van der Waals surface area contributed by atoms with E-state index in [4.69, 9.17) is 0 Å². The zero-order valence-corrected chi connectivity index (χ0v) is 7.30. The van der Waals surface area contributed by atoms with E-state index in [1.54, 1.807) is 12.2 Å². The topological polar surface area (TPSA) is 15.7 Å². The molecule has 0 aliphatic carbocycles. The molecule has 0 rings (SSSR count). The molecule has 0 heterocycles. The Labute approximate surface area is 72.9 Å². The van der Waals surface area contributed by atoms with Crippen LogP contribution in [-0.4, -0.2) is 52.3 Å². The summed E-state index contributed by atoms with van der Waals surface area (Å²) in [6, 6.07) is 0. The van der Waals surface area contributed by atoms with Gasteiger partial charge in [-0.15, -0.1) is 0 Å². The molecule has 0 amide bonds. The summed E-state index contributed by atoms with van der Waals surface area (Å²) in [6.07, 6.45) is 0. The second-order valence-electron chi connectivity index (χ2n) is 2.34. The minimum atomic E-state index is 0. The lowest BCUT2D eigenvalue weighted by Crippen LogP contribution is -2.07. The van der Waals surface area contributed by atoms with Gasteiger partial charge >= 0.3 is 0 Å². The predicted octanol–water partition coefficient (Wildman–Crippen LogP) is 1.56. The van der Waals surface area contributed by atoms with Gasteiger partial charge < -0.3 is 9.74 Å². The second-order valence-corrected chi connectivity index (χ2v) is 2.34. The van der Waals surface area contributed by atoms with E-state index in [2.05, 4.69) is 4.84 Å². The molecule has 0 radical (unpaired) electrons. The summed E-state index contributed by atoms with van der Waals surface area (Å²) in [5.74, 6) is 0. The molecule has 0 aromatic heterocycles. The third-order valence-corrected chi connectivity index (χ3v) is 0.365. The Morgan fingerprint density at radius 1 is 0.818 bits per heavy atom. The zero-order valence-electron chi connectivity index (χ0n) is 7.30. The fraction of sp³-hybridized carbons (Fsp3) is 1.00. The quantitative estimate of drug-likeness (QED) is 0.550. The summed E-state index contributed by atoms with van der Waals surface area (Å²) in [5.41, 5.74) is 0. The summed E-state index contributed by atoms with van der Waals surface area (Å²) in [7, 11) is 11.3. The van der Waals surface area contributed by atoms with Crippen molar-refractivity contribution in [1.29, 1.82) is 0 Å². The van der Waals surface area contributed by atoms with Crippen LogP contribution in [0, 0.1) is 0 Å². The molecule has 11 heavy (non-hydrogen) atoms. The van der Waals surface area contributed by atoms with Crippen LogP contribution in [0.15, 0.2) is 0 Å². The van der Waals surface area contributed by atoms with Crippen molar-refractivity contribution in [2.24, 2.45) is 0 Å². The third-order valence-electron chi connectivity index (χ3n) is 0.365. The highest BCUT2D eigenvalue weighted by molar-refractivity contribution is 4.09. The van der Waals surface area contributed by atoms with Gasteiger partial charge in [0.1, 0.15) is 0 Å². The van der Waals surface area contributed by atoms with Crippen LogP contribution >= 0.6 is 0 Å². The number of hydrogen-bond donors (Lipinski definition) is 0. The highest BCUT2D eigenvalue weighted by Gasteiger charge is 1.70. The molecule has 0 saturated heterocycles. The van der Waals surface area contributed by atoms with E-state index in [-0.39, 0.29) is 14.9 Å². The predicted molar refractivity (Wildman–Crippen MR) is 53.8 cm³/mol. The maximum absolute atomic E-state index is 4.58. The number of hydroxylamine groups is 2. The van der Waals surface area contributed by atoms with Gasteiger partial charge in [-0.3, -0.25) is 0 Å². The molecule has 0 fully saturated rings. The molecular weight excluding hydrogens is 140 g/mol. The number of nitrogens with zero attached hydrogens (tertiary/aromatic N) is 2. The molecule has 0 aliphatic heterocycles. The second kappa shape index (κ2) is 16.5. The van der Waals surface area contributed by atoms with E-state index in [0.717, 1.165) is 0 Å². The lowest BCUT2D eigenvalue weighted by molar-refractivity contribution is -0.0855. The standard InChI is InChI=1S/C3H9NO.C3H9N.2CH4/c1-4(2)5-3;1-4(2)3;;/h1-3H3;1-3H3;2*1H4. The Hall–Kier alpha value is -0.120. The van der Waals surface area contributed by atoms with Crippen molar-refractivity contribution >= 4 is 0 Å². The molecule has 0 saturated carbocycles. The zero-order chi connectivity index (χ0) is 7.86. The average molecular weight is 166 g/mol. The molecule has 0 N–H and O–H groups in total. The molecule has 74 valence electrons. The van der Waals surface area contributed by atoms with Crippen LogP contribution in [-0.2, 0) is 4.84 Å². The van der Waals surface area contributed by atoms with Crippen molar-refractivity contribution in [1.82, 2.24) is 9.96 Å². The van der Waals surface area contributed by atoms with Crippen LogP contribution in [0.3, 0.4) is 0 Å². The van der Waals surface area contributed by atoms with Crippen molar-refractivity contribution < 1.29 is 4.84 Å². The Morgan fingerprint density at radius 2 is 0.909 bits per heavy atom. The summed E-state index contributed by atoms with van der Waals surface area (Å²) in [4.78, 5) is 6.58. The first-order valence-corrected chi connectivity index (χ1v) is 2.83. The van der Waals surface area contributed by atoms with Crippen molar-refractivity contribution in [2.45, 2.75) is 14.9 Å². The van der Waals surface area contributed by atoms with Gasteiger partial charge in [-0.25, -0.2) is 0 Å². The fourth-order valence-corrected chi connectivity index (χ4v) is 0. The lowest BCUT2D eigenvalue weighted by atomic mass is 11.0. The van der Waals surface area contributed by atoms with E-state index in [1.165, 1.54) is 0 Å².